The van der Waals surface area contributed by atoms with Crippen LogP contribution in [0.1, 0.15) is 40.0 Å². The van der Waals surface area contributed by atoms with Gasteiger partial charge in [0.05, 0.1) is 30.6 Å². The molecule has 0 radical (unpaired) electrons. The number of rotatable bonds is 4. The summed E-state index contributed by atoms with van der Waals surface area (Å²) in [5.74, 6) is -1.68. The third-order valence-corrected chi connectivity index (χ3v) is 5.13. The SMILES string of the molecule is C/C=C(\CO)C(=O)O[C@H]1C/C(C)=C\CC/C(CO)=C\[C@H]2OC(=O)[C@@H](C)[C@H]12. The van der Waals surface area contributed by atoms with E-state index in [4.69, 9.17) is 9.47 Å². The highest BCUT2D eigenvalue weighted by molar-refractivity contribution is 5.88. The molecule has 26 heavy (non-hydrogen) atoms. The van der Waals surface area contributed by atoms with E-state index in [1.54, 1.807) is 19.9 Å². The summed E-state index contributed by atoms with van der Waals surface area (Å²) in [5, 5.41) is 18.9. The van der Waals surface area contributed by atoms with Gasteiger partial charge in [-0.3, -0.25) is 4.79 Å². The van der Waals surface area contributed by atoms with Crippen molar-refractivity contribution in [1.29, 1.82) is 0 Å². The van der Waals surface area contributed by atoms with Crippen LogP contribution in [-0.2, 0) is 19.1 Å². The lowest BCUT2D eigenvalue weighted by atomic mass is 9.82. The summed E-state index contributed by atoms with van der Waals surface area (Å²) in [6.07, 6.45) is 6.24. The fourth-order valence-corrected chi connectivity index (χ4v) is 3.54. The Morgan fingerprint density at radius 2 is 2.15 bits per heavy atom. The molecule has 144 valence electrons. The standard InChI is InChI=1S/C20H28O6/c1-4-15(11-22)20(24)26-16-8-12(2)6-5-7-14(10-21)9-17-18(16)13(3)19(23)25-17/h4,6,9,13,16-18,21-22H,5,7-8,10-11H2,1-3H3/b12-6-,14-9+,15-4+/t13-,16-,17+,18+/m0/s1. The molecule has 2 rings (SSSR count). The van der Waals surface area contributed by atoms with Gasteiger partial charge in [0.25, 0.3) is 0 Å². The van der Waals surface area contributed by atoms with Gasteiger partial charge in [0, 0.05) is 6.42 Å². The van der Waals surface area contributed by atoms with E-state index in [1.807, 2.05) is 6.92 Å². The van der Waals surface area contributed by atoms with E-state index in [0.717, 1.165) is 17.6 Å². The number of carbonyl (C=O) groups is 2. The largest absolute Gasteiger partial charge is 0.458 e. The number of hydrogen-bond donors (Lipinski definition) is 2. The molecule has 1 fully saturated rings. The van der Waals surface area contributed by atoms with Gasteiger partial charge in [-0.2, -0.15) is 0 Å². The second-order valence-electron chi connectivity index (χ2n) is 6.96. The molecule has 6 heteroatoms. The van der Waals surface area contributed by atoms with Crippen molar-refractivity contribution in [2.45, 2.75) is 52.2 Å². The lowest BCUT2D eigenvalue weighted by molar-refractivity contribution is -0.148. The average molecular weight is 364 g/mol. The number of aliphatic hydroxyl groups excluding tert-OH is 2. The lowest BCUT2D eigenvalue weighted by Gasteiger charge is -2.29. The summed E-state index contributed by atoms with van der Waals surface area (Å²) in [5.41, 5.74) is 2.05. The maximum atomic E-state index is 12.4. The second-order valence-corrected chi connectivity index (χ2v) is 6.96. The highest BCUT2D eigenvalue weighted by Gasteiger charge is 2.47. The molecule has 4 atom stereocenters. The van der Waals surface area contributed by atoms with Crippen molar-refractivity contribution >= 4 is 11.9 Å². The first-order chi connectivity index (χ1) is 12.4. The van der Waals surface area contributed by atoms with Crippen LogP contribution in [-0.4, -0.2) is 47.6 Å². The Kier molecular flexibility index (Phi) is 7.17. The quantitative estimate of drug-likeness (QED) is 0.451. The Morgan fingerprint density at radius 3 is 2.77 bits per heavy atom. The Morgan fingerprint density at radius 1 is 1.42 bits per heavy atom. The fraction of sp³-hybridized carbons (Fsp3) is 0.600. The van der Waals surface area contributed by atoms with Crippen molar-refractivity contribution < 1.29 is 29.3 Å². The van der Waals surface area contributed by atoms with Crippen molar-refractivity contribution in [3.8, 4) is 0 Å². The van der Waals surface area contributed by atoms with Gasteiger partial charge in [-0.1, -0.05) is 24.6 Å². The van der Waals surface area contributed by atoms with E-state index in [9.17, 15) is 19.8 Å². The van der Waals surface area contributed by atoms with Crippen LogP contribution in [0.5, 0.6) is 0 Å². The number of ether oxygens (including phenoxy) is 2. The van der Waals surface area contributed by atoms with Crippen molar-refractivity contribution in [2.24, 2.45) is 11.8 Å². The molecule has 1 aliphatic carbocycles. The van der Waals surface area contributed by atoms with Gasteiger partial charge in [-0.15, -0.1) is 0 Å². The Labute approximate surface area is 154 Å². The van der Waals surface area contributed by atoms with Crippen LogP contribution in [0.25, 0.3) is 0 Å². The highest BCUT2D eigenvalue weighted by atomic mass is 16.6. The number of aliphatic hydroxyl groups is 2. The Hall–Kier alpha value is -1.92. The van der Waals surface area contributed by atoms with E-state index >= 15 is 0 Å². The molecular weight excluding hydrogens is 336 g/mol. The summed E-state index contributed by atoms with van der Waals surface area (Å²) < 4.78 is 11.2. The van der Waals surface area contributed by atoms with Gasteiger partial charge in [0.15, 0.2) is 0 Å². The average Bonchev–Trinajstić information content (AvgIpc) is 2.88. The van der Waals surface area contributed by atoms with Gasteiger partial charge in [-0.05, 0) is 38.3 Å². The minimum absolute atomic E-state index is 0.0975. The van der Waals surface area contributed by atoms with Crippen LogP contribution in [0, 0.1) is 11.8 Å². The third-order valence-electron chi connectivity index (χ3n) is 5.13. The molecule has 0 aromatic heterocycles. The summed E-state index contributed by atoms with van der Waals surface area (Å²) in [6, 6.07) is 0. The Bertz CT molecular complexity index is 630. The number of hydrogen-bond acceptors (Lipinski definition) is 6. The van der Waals surface area contributed by atoms with Crippen molar-refractivity contribution in [2.75, 3.05) is 13.2 Å². The first-order valence-corrected chi connectivity index (χ1v) is 9.04. The van der Waals surface area contributed by atoms with Crippen molar-refractivity contribution in [1.82, 2.24) is 0 Å². The molecule has 0 aromatic rings. The van der Waals surface area contributed by atoms with Crippen LogP contribution in [0.3, 0.4) is 0 Å². The smallest absolute Gasteiger partial charge is 0.336 e. The molecule has 0 bridgehead atoms. The van der Waals surface area contributed by atoms with Gasteiger partial charge < -0.3 is 19.7 Å². The van der Waals surface area contributed by atoms with Gasteiger partial charge >= 0.3 is 11.9 Å². The van der Waals surface area contributed by atoms with E-state index in [2.05, 4.69) is 6.08 Å². The molecule has 6 nitrogen and oxygen atoms in total. The minimum Gasteiger partial charge on any atom is -0.458 e. The highest BCUT2D eigenvalue weighted by Crippen LogP contribution is 2.37. The number of carbonyl (C=O) groups excluding carboxylic acids is 2. The minimum atomic E-state index is -0.582. The van der Waals surface area contributed by atoms with Crippen molar-refractivity contribution in [3.05, 3.63) is 34.9 Å². The molecule has 1 saturated heterocycles. The van der Waals surface area contributed by atoms with Crippen LogP contribution in [0.15, 0.2) is 34.9 Å². The summed E-state index contributed by atoms with van der Waals surface area (Å²) in [4.78, 5) is 24.5. The maximum absolute atomic E-state index is 12.4. The van der Waals surface area contributed by atoms with Gasteiger partial charge in [0.2, 0.25) is 0 Å². The van der Waals surface area contributed by atoms with Crippen LogP contribution < -0.4 is 0 Å². The van der Waals surface area contributed by atoms with Crippen LogP contribution in [0.2, 0.25) is 0 Å². The van der Waals surface area contributed by atoms with E-state index < -0.39 is 30.7 Å². The zero-order chi connectivity index (χ0) is 19.3. The fourth-order valence-electron chi connectivity index (χ4n) is 3.54. The zero-order valence-corrected chi connectivity index (χ0v) is 15.6. The second kappa shape index (κ2) is 9.14. The van der Waals surface area contributed by atoms with E-state index in [-0.39, 0.29) is 24.1 Å². The maximum Gasteiger partial charge on any atom is 0.336 e. The topological polar surface area (TPSA) is 93.1 Å². The van der Waals surface area contributed by atoms with E-state index in [1.165, 1.54) is 6.08 Å². The molecule has 0 spiro atoms. The molecule has 1 heterocycles. The van der Waals surface area contributed by atoms with E-state index in [0.29, 0.717) is 12.8 Å². The Balaban J connectivity index is 2.38. The predicted octanol–water partition coefficient (Wildman–Crippen LogP) is 2.06. The molecule has 0 aromatic carbocycles. The first kappa shape index (κ1) is 20.4. The van der Waals surface area contributed by atoms with Gasteiger partial charge in [-0.25, -0.2) is 4.79 Å². The van der Waals surface area contributed by atoms with Crippen LogP contribution in [0.4, 0.5) is 0 Å². The van der Waals surface area contributed by atoms with Crippen molar-refractivity contribution in [3.63, 3.8) is 0 Å². The first-order valence-electron chi connectivity index (χ1n) is 9.04. The molecular formula is C20H28O6. The molecule has 0 saturated carbocycles. The zero-order valence-electron chi connectivity index (χ0n) is 15.6. The normalized spacial score (nSPS) is 34.0. The number of esters is 2. The molecule has 0 amide bonds. The number of fused-ring (bicyclic) bond motifs is 1. The molecule has 2 aliphatic rings. The summed E-state index contributed by atoms with van der Waals surface area (Å²) >= 11 is 0. The molecule has 2 N–H and O–H groups in total. The lowest BCUT2D eigenvalue weighted by Crippen LogP contribution is -2.36. The predicted molar refractivity (Wildman–Crippen MR) is 96.0 cm³/mol. The summed E-state index contributed by atoms with van der Waals surface area (Å²) in [6.45, 7) is 4.90. The summed E-state index contributed by atoms with van der Waals surface area (Å²) in [7, 11) is 0. The molecule has 0 unspecified atom stereocenters. The third kappa shape index (κ3) is 4.62. The van der Waals surface area contributed by atoms with Crippen LogP contribution >= 0.6 is 0 Å². The monoisotopic (exact) mass is 364 g/mol. The number of allylic oxidation sites excluding steroid dienone is 2. The van der Waals surface area contributed by atoms with Gasteiger partial charge in [0.1, 0.15) is 12.2 Å². The molecule has 1 aliphatic heterocycles.